The lowest BCUT2D eigenvalue weighted by Crippen LogP contribution is -1.98. The summed E-state index contributed by atoms with van der Waals surface area (Å²) in [5.74, 6) is -0.694. The van der Waals surface area contributed by atoms with Crippen LogP contribution in [0.25, 0.3) is 0 Å². The van der Waals surface area contributed by atoms with Crippen molar-refractivity contribution in [1.29, 1.82) is 0 Å². The summed E-state index contributed by atoms with van der Waals surface area (Å²) in [5, 5.41) is 0. The number of ether oxygens (including phenoxy) is 2. The maximum Gasteiger partial charge on any atom is 0.332 e. The van der Waals surface area contributed by atoms with Crippen LogP contribution in [0.15, 0.2) is 24.3 Å². The van der Waals surface area contributed by atoms with Crippen LogP contribution in [0.5, 0.6) is 0 Å². The summed E-state index contributed by atoms with van der Waals surface area (Å²) in [6.07, 6.45) is 0. The molecule has 0 bridgehead atoms. The molecule has 0 heterocycles. The topological polar surface area (TPSA) is 52.6 Å². The van der Waals surface area contributed by atoms with Gasteiger partial charge in [0.2, 0.25) is 0 Å². The Kier molecular flexibility index (Phi) is 105. The Morgan fingerprint density at radius 2 is 0.762 bits per heavy atom. The molecule has 0 aromatic rings. The zero-order valence-corrected chi connectivity index (χ0v) is 9.05. The lowest BCUT2D eigenvalue weighted by molar-refractivity contribution is -0.136. The molecule has 0 atom stereocenters. The fraction of sp³-hybridized carbons (Fsp3) is 0.647. The molecule has 4 nitrogen and oxygen atoms in total. The van der Waals surface area contributed by atoms with Gasteiger partial charge in [0.05, 0.1) is 14.2 Å². The lowest BCUT2D eigenvalue weighted by atomic mass is 10.4. The van der Waals surface area contributed by atoms with Gasteiger partial charge in [0.1, 0.15) is 0 Å². The molecule has 0 saturated heterocycles. The van der Waals surface area contributed by atoms with Crippen molar-refractivity contribution in [3.8, 4) is 0 Å². The largest absolute Gasteiger partial charge is 0.466 e. The van der Waals surface area contributed by atoms with Gasteiger partial charge < -0.3 is 9.47 Å². The number of hydrogen-bond acceptors (Lipinski definition) is 4. The van der Waals surface area contributed by atoms with E-state index in [4.69, 9.17) is 0 Å². The molecule has 0 aliphatic heterocycles. The van der Waals surface area contributed by atoms with Gasteiger partial charge in [-0.3, -0.25) is 0 Å². The van der Waals surface area contributed by atoms with Crippen LogP contribution < -0.4 is 0 Å². The van der Waals surface area contributed by atoms with Crippen LogP contribution in [0.2, 0.25) is 0 Å². The van der Waals surface area contributed by atoms with Gasteiger partial charge in [-0.25, -0.2) is 9.59 Å². The Hall–Kier alpha value is -1.58. The number of hydrogen-bond donors (Lipinski definition) is 0. The van der Waals surface area contributed by atoms with Crippen molar-refractivity contribution in [2.45, 2.75) is 65.8 Å². The molecule has 0 spiro atoms. The van der Waals surface area contributed by atoms with Crippen molar-refractivity contribution in [2.24, 2.45) is 0 Å². The van der Waals surface area contributed by atoms with Crippen LogP contribution in [-0.2, 0) is 19.1 Å². The van der Waals surface area contributed by atoms with Crippen molar-refractivity contribution in [3.05, 3.63) is 24.3 Å². The monoisotopic (exact) mass is 312 g/mol. The Balaban J connectivity index is -0.0000000147. The minimum absolute atomic E-state index is 0. The van der Waals surface area contributed by atoms with E-state index < -0.39 is 0 Å². The first-order valence-electron chi connectivity index (χ1n) is 3.84. The third kappa shape index (κ3) is 45.7. The highest BCUT2D eigenvalue weighted by atomic mass is 16.5. The molecule has 0 aromatic carbocycles. The average molecular weight is 313 g/mol. The summed E-state index contributed by atoms with van der Waals surface area (Å²) in [4.78, 5) is 20.4. The second-order valence-corrected chi connectivity index (χ2v) is 2.54. The maximum atomic E-state index is 10.2. The number of esters is 2. The highest BCUT2D eigenvalue weighted by Gasteiger charge is 1.96. The Labute approximate surface area is 136 Å². The Morgan fingerprint density at radius 1 is 0.619 bits per heavy atom. The van der Waals surface area contributed by atoms with E-state index in [0.717, 1.165) is 0 Å². The van der Waals surface area contributed by atoms with E-state index in [2.05, 4.69) is 22.6 Å². The quantitative estimate of drug-likeness (QED) is 0.469. The molecule has 4 heteroatoms. The fourth-order valence-corrected chi connectivity index (χ4v) is 0.348. The van der Waals surface area contributed by atoms with Gasteiger partial charge in [-0.05, 0) is 13.8 Å². The van der Waals surface area contributed by atoms with E-state index in [0.29, 0.717) is 11.1 Å². The molecule has 0 radical (unpaired) electrons. The number of carbonyl (C=O) groups excluding carboxylic acids is 2. The molecule has 136 valence electrons. The Morgan fingerprint density at radius 3 is 0.762 bits per heavy atom. The SMILES string of the molecule is C.C.C.C.C.C.C.C=C(C)C(=O)OC.C=C(C)C(=O)OC. The van der Waals surface area contributed by atoms with Crippen molar-refractivity contribution in [1.82, 2.24) is 0 Å². The molecule has 0 amide bonds. The van der Waals surface area contributed by atoms with E-state index >= 15 is 0 Å². The van der Waals surface area contributed by atoms with E-state index in [1.165, 1.54) is 14.2 Å². The smallest absolute Gasteiger partial charge is 0.332 e. The zero-order valence-electron chi connectivity index (χ0n) is 9.05. The summed E-state index contributed by atoms with van der Waals surface area (Å²) in [7, 11) is 2.66. The summed E-state index contributed by atoms with van der Waals surface area (Å²) >= 11 is 0. The summed E-state index contributed by atoms with van der Waals surface area (Å²) in [6, 6.07) is 0. The molecular weight excluding hydrogens is 268 g/mol. The van der Waals surface area contributed by atoms with E-state index in [-0.39, 0.29) is 63.9 Å². The van der Waals surface area contributed by atoms with E-state index in [9.17, 15) is 9.59 Å². The normalized spacial score (nSPS) is 5.14. The molecule has 0 saturated carbocycles. The standard InChI is InChI=1S/2C5H8O2.7CH4/c2*1-4(2)5(6)7-3;;;;;;;/h2*1H2,2-3H3;7*1H4. The highest BCUT2D eigenvalue weighted by molar-refractivity contribution is 5.87. The van der Waals surface area contributed by atoms with Gasteiger partial charge in [-0.15, -0.1) is 0 Å². The average Bonchev–Trinajstić information content (AvgIpc) is 2.15. The van der Waals surface area contributed by atoms with Crippen LogP contribution in [0.1, 0.15) is 65.8 Å². The second-order valence-electron chi connectivity index (χ2n) is 2.54. The first-order chi connectivity index (χ1) is 6.36. The molecule has 0 aromatic heterocycles. The number of rotatable bonds is 2. The molecule has 21 heavy (non-hydrogen) atoms. The number of carbonyl (C=O) groups is 2. The predicted molar refractivity (Wildman–Crippen MR) is 101 cm³/mol. The lowest BCUT2D eigenvalue weighted by Gasteiger charge is -1.91. The highest BCUT2D eigenvalue weighted by Crippen LogP contribution is 1.87. The van der Waals surface area contributed by atoms with Crippen molar-refractivity contribution >= 4 is 11.9 Å². The van der Waals surface area contributed by atoms with Crippen LogP contribution >= 0.6 is 0 Å². The predicted octanol–water partition coefficient (Wildman–Crippen LogP) is 5.92. The van der Waals surface area contributed by atoms with Crippen LogP contribution in [-0.4, -0.2) is 26.2 Å². The van der Waals surface area contributed by atoms with Gasteiger partial charge in [0.15, 0.2) is 0 Å². The Bertz CT molecular complexity index is 217. The van der Waals surface area contributed by atoms with Crippen molar-refractivity contribution < 1.29 is 19.1 Å². The molecule has 0 unspecified atom stereocenters. The fourth-order valence-electron chi connectivity index (χ4n) is 0.348. The van der Waals surface area contributed by atoms with Crippen molar-refractivity contribution in [3.63, 3.8) is 0 Å². The van der Waals surface area contributed by atoms with Crippen molar-refractivity contribution in [2.75, 3.05) is 14.2 Å². The van der Waals surface area contributed by atoms with Crippen LogP contribution in [0.4, 0.5) is 0 Å². The van der Waals surface area contributed by atoms with Gasteiger partial charge in [-0.2, -0.15) is 0 Å². The third-order valence-corrected chi connectivity index (χ3v) is 1.07. The molecule has 0 aliphatic rings. The maximum absolute atomic E-state index is 10.2. The van der Waals surface area contributed by atoms with Crippen LogP contribution in [0.3, 0.4) is 0 Å². The molecular formula is C17H44O4. The van der Waals surface area contributed by atoms with Gasteiger partial charge in [-0.1, -0.05) is 65.1 Å². The van der Waals surface area contributed by atoms with Crippen LogP contribution in [0, 0.1) is 0 Å². The first kappa shape index (κ1) is 60.7. The number of methoxy groups -OCH3 is 2. The molecule has 0 N–H and O–H groups in total. The van der Waals surface area contributed by atoms with Gasteiger partial charge in [0.25, 0.3) is 0 Å². The minimum Gasteiger partial charge on any atom is -0.466 e. The van der Waals surface area contributed by atoms with E-state index in [1.54, 1.807) is 13.8 Å². The zero-order chi connectivity index (χ0) is 11.7. The minimum atomic E-state index is -0.347. The third-order valence-electron chi connectivity index (χ3n) is 1.07. The first-order valence-corrected chi connectivity index (χ1v) is 3.84. The summed E-state index contributed by atoms with van der Waals surface area (Å²) in [6.45, 7) is 9.91. The van der Waals surface area contributed by atoms with E-state index in [1.807, 2.05) is 0 Å². The molecule has 0 aliphatic carbocycles. The summed E-state index contributed by atoms with van der Waals surface area (Å²) < 4.78 is 8.55. The van der Waals surface area contributed by atoms with Gasteiger partial charge in [0, 0.05) is 11.1 Å². The second kappa shape index (κ2) is 36.2. The summed E-state index contributed by atoms with van der Waals surface area (Å²) in [5.41, 5.74) is 0.866. The molecule has 0 fully saturated rings. The van der Waals surface area contributed by atoms with Gasteiger partial charge >= 0.3 is 11.9 Å². The molecule has 0 rings (SSSR count).